The number of hydrogen-bond acceptors (Lipinski definition) is 2. The van der Waals surface area contributed by atoms with Gasteiger partial charge in [0, 0.05) is 6.54 Å². The van der Waals surface area contributed by atoms with Crippen LogP contribution in [0.3, 0.4) is 0 Å². The van der Waals surface area contributed by atoms with Gasteiger partial charge >= 0.3 is 0 Å². The van der Waals surface area contributed by atoms with Crippen molar-refractivity contribution in [3.63, 3.8) is 0 Å². The molecule has 0 radical (unpaired) electrons. The zero-order valence-electron chi connectivity index (χ0n) is 9.87. The topological polar surface area (TPSA) is 40.5 Å². The van der Waals surface area contributed by atoms with E-state index >= 15 is 0 Å². The summed E-state index contributed by atoms with van der Waals surface area (Å²) in [4.78, 5) is 12.6. The van der Waals surface area contributed by atoms with Gasteiger partial charge in [-0.05, 0) is 18.6 Å². The molecular weight excluding hydrogens is 247 g/mol. The number of hydrogen-bond donors (Lipinski definition) is 1. The molecular formula is C12H14F3NO2. The third kappa shape index (κ3) is 3.46. The van der Waals surface area contributed by atoms with E-state index in [2.05, 4.69) is 0 Å². The van der Waals surface area contributed by atoms with Crippen molar-refractivity contribution in [1.29, 1.82) is 0 Å². The Balaban J connectivity index is 2.98. The van der Waals surface area contributed by atoms with Gasteiger partial charge in [-0.2, -0.15) is 0 Å². The Morgan fingerprint density at radius 1 is 1.44 bits per heavy atom. The van der Waals surface area contributed by atoms with Gasteiger partial charge in [0.2, 0.25) is 0 Å². The summed E-state index contributed by atoms with van der Waals surface area (Å²) in [5.41, 5.74) is 0.00551. The fraction of sp³-hybridized carbons (Fsp3) is 0.417. The first kappa shape index (κ1) is 14.5. The SMILES string of the molecule is Cc1cccc(C(=O)N(CCO)CC(F)F)c1F. The number of aliphatic hydroxyl groups excluding tert-OH is 1. The van der Waals surface area contributed by atoms with Crippen LogP contribution in [0, 0.1) is 12.7 Å². The van der Waals surface area contributed by atoms with E-state index in [0.717, 1.165) is 4.90 Å². The van der Waals surface area contributed by atoms with E-state index in [1.165, 1.54) is 25.1 Å². The van der Waals surface area contributed by atoms with E-state index in [1.54, 1.807) is 0 Å². The average Bonchev–Trinajstić information content (AvgIpc) is 2.31. The lowest BCUT2D eigenvalue weighted by atomic mass is 10.1. The average molecular weight is 261 g/mol. The maximum absolute atomic E-state index is 13.7. The normalized spacial score (nSPS) is 10.8. The minimum absolute atomic E-state index is 0.253. The summed E-state index contributed by atoms with van der Waals surface area (Å²) in [6.07, 6.45) is -2.73. The fourth-order valence-electron chi connectivity index (χ4n) is 1.55. The van der Waals surface area contributed by atoms with E-state index < -0.39 is 31.3 Å². The van der Waals surface area contributed by atoms with Crippen molar-refractivity contribution in [1.82, 2.24) is 4.90 Å². The highest BCUT2D eigenvalue weighted by molar-refractivity contribution is 5.94. The lowest BCUT2D eigenvalue weighted by molar-refractivity contribution is 0.0505. The molecule has 0 aliphatic rings. The van der Waals surface area contributed by atoms with E-state index in [-0.39, 0.29) is 17.7 Å². The number of amides is 1. The van der Waals surface area contributed by atoms with Crippen molar-refractivity contribution in [3.05, 3.63) is 35.1 Å². The van der Waals surface area contributed by atoms with Crippen molar-refractivity contribution in [2.24, 2.45) is 0 Å². The van der Waals surface area contributed by atoms with Gasteiger partial charge in [0.1, 0.15) is 5.82 Å². The minimum atomic E-state index is -2.73. The van der Waals surface area contributed by atoms with Crippen molar-refractivity contribution >= 4 is 5.91 Å². The van der Waals surface area contributed by atoms with Crippen molar-refractivity contribution in [2.75, 3.05) is 19.7 Å². The van der Waals surface area contributed by atoms with Crippen molar-refractivity contribution < 1.29 is 23.1 Å². The molecule has 0 heterocycles. The first-order valence-electron chi connectivity index (χ1n) is 5.40. The number of carbonyl (C=O) groups is 1. The molecule has 0 aliphatic carbocycles. The van der Waals surface area contributed by atoms with Gasteiger partial charge in [0.25, 0.3) is 12.3 Å². The Morgan fingerprint density at radius 3 is 2.67 bits per heavy atom. The molecule has 0 spiro atoms. The van der Waals surface area contributed by atoms with Crippen molar-refractivity contribution in [3.8, 4) is 0 Å². The molecule has 0 saturated heterocycles. The number of carbonyl (C=O) groups excluding carboxylic acids is 1. The Morgan fingerprint density at radius 2 is 2.11 bits per heavy atom. The second-order valence-electron chi connectivity index (χ2n) is 3.80. The first-order valence-corrected chi connectivity index (χ1v) is 5.40. The van der Waals surface area contributed by atoms with Gasteiger partial charge in [-0.15, -0.1) is 0 Å². The minimum Gasteiger partial charge on any atom is -0.395 e. The molecule has 0 aromatic heterocycles. The highest BCUT2D eigenvalue weighted by atomic mass is 19.3. The third-order valence-electron chi connectivity index (χ3n) is 2.44. The number of aryl methyl sites for hydroxylation is 1. The van der Waals surface area contributed by atoms with Crippen LogP contribution in [-0.2, 0) is 0 Å². The summed E-state index contributed by atoms with van der Waals surface area (Å²) in [7, 11) is 0. The number of aliphatic hydroxyl groups is 1. The van der Waals surface area contributed by atoms with Gasteiger partial charge in [-0.3, -0.25) is 4.79 Å². The van der Waals surface area contributed by atoms with Gasteiger partial charge in [0.05, 0.1) is 18.7 Å². The van der Waals surface area contributed by atoms with Gasteiger partial charge < -0.3 is 10.0 Å². The fourth-order valence-corrected chi connectivity index (χ4v) is 1.55. The quantitative estimate of drug-likeness (QED) is 0.878. The highest BCUT2D eigenvalue weighted by Crippen LogP contribution is 2.15. The molecule has 0 aliphatic heterocycles. The molecule has 0 bridgehead atoms. The monoisotopic (exact) mass is 261 g/mol. The number of benzene rings is 1. The Hall–Kier alpha value is -1.56. The molecule has 6 heteroatoms. The molecule has 0 saturated carbocycles. The number of halogens is 3. The summed E-state index contributed by atoms with van der Waals surface area (Å²) in [5, 5.41) is 8.74. The first-order chi connectivity index (χ1) is 8.47. The standard InChI is InChI=1S/C12H14F3NO2/c1-8-3-2-4-9(11(8)15)12(18)16(5-6-17)7-10(13)14/h2-4,10,17H,5-7H2,1H3. The van der Waals surface area contributed by atoms with Crippen LogP contribution in [0.15, 0.2) is 18.2 Å². The number of alkyl halides is 2. The van der Waals surface area contributed by atoms with Crippen LogP contribution in [0.25, 0.3) is 0 Å². The van der Waals surface area contributed by atoms with Crippen LogP contribution in [0.2, 0.25) is 0 Å². The predicted molar refractivity (Wildman–Crippen MR) is 60.1 cm³/mol. The maximum Gasteiger partial charge on any atom is 0.257 e. The van der Waals surface area contributed by atoms with Gasteiger partial charge in [-0.25, -0.2) is 13.2 Å². The highest BCUT2D eigenvalue weighted by Gasteiger charge is 2.22. The van der Waals surface area contributed by atoms with Crippen LogP contribution in [0.1, 0.15) is 15.9 Å². The second-order valence-corrected chi connectivity index (χ2v) is 3.80. The van der Waals surface area contributed by atoms with E-state index in [9.17, 15) is 18.0 Å². The smallest absolute Gasteiger partial charge is 0.257 e. The summed E-state index contributed by atoms with van der Waals surface area (Å²) in [6.45, 7) is -0.0508. The second kappa shape index (κ2) is 6.39. The van der Waals surface area contributed by atoms with Crippen LogP contribution < -0.4 is 0 Å². The lowest BCUT2D eigenvalue weighted by Gasteiger charge is -2.21. The zero-order chi connectivity index (χ0) is 13.7. The molecule has 1 aromatic rings. The lowest BCUT2D eigenvalue weighted by Crippen LogP contribution is -2.37. The summed E-state index contributed by atoms with van der Waals surface area (Å²) in [6, 6.07) is 4.20. The molecule has 3 nitrogen and oxygen atoms in total. The Labute approximate surface area is 103 Å². The maximum atomic E-state index is 13.7. The zero-order valence-corrected chi connectivity index (χ0v) is 9.87. The van der Waals surface area contributed by atoms with Crippen LogP contribution in [0.4, 0.5) is 13.2 Å². The van der Waals surface area contributed by atoms with Crippen molar-refractivity contribution in [2.45, 2.75) is 13.3 Å². The van der Waals surface area contributed by atoms with Crippen LogP contribution >= 0.6 is 0 Å². The van der Waals surface area contributed by atoms with E-state index in [0.29, 0.717) is 0 Å². The summed E-state index contributed by atoms with van der Waals surface area (Å²) < 4.78 is 38.3. The van der Waals surface area contributed by atoms with Gasteiger partial charge in [0.15, 0.2) is 0 Å². The molecule has 0 fully saturated rings. The van der Waals surface area contributed by atoms with E-state index in [4.69, 9.17) is 5.11 Å². The molecule has 100 valence electrons. The molecule has 1 aromatic carbocycles. The Bertz CT molecular complexity index is 424. The predicted octanol–water partition coefficient (Wildman–Crippen LogP) is 1.83. The van der Waals surface area contributed by atoms with E-state index in [1.807, 2.05) is 0 Å². The molecule has 1 N–H and O–H groups in total. The van der Waals surface area contributed by atoms with Crippen LogP contribution in [-0.4, -0.2) is 42.0 Å². The Kier molecular flexibility index (Phi) is 5.15. The largest absolute Gasteiger partial charge is 0.395 e. The molecule has 1 rings (SSSR count). The van der Waals surface area contributed by atoms with Gasteiger partial charge in [-0.1, -0.05) is 12.1 Å². The summed E-state index contributed by atoms with van der Waals surface area (Å²) in [5.74, 6) is -1.56. The molecule has 0 atom stereocenters. The summed E-state index contributed by atoms with van der Waals surface area (Å²) >= 11 is 0. The third-order valence-corrected chi connectivity index (χ3v) is 2.44. The number of nitrogens with zero attached hydrogens (tertiary/aromatic N) is 1. The molecule has 18 heavy (non-hydrogen) atoms. The number of rotatable bonds is 5. The molecule has 1 amide bonds. The van der Waals surface area contributed by atoms with Crippen LogP contribution in [0.5, 0.6) is 0 Å². The molecule has 0 unspecified atom stereocenters.